The molecule has 0 radical (unpaired) electrons. The minimum Gasteiger partial charge on any atom is -0.497 e. The highest BCUT2D eigenvalue weighted by atomic mass is 16.5. The number of hydrogen-bond acceptors (Lipinski definition) is 4. The lowest BCUT2D eigenvalue weighted by molar-refractivity contribution is -0.120. The number of carbonyl (C=O) groups excluding carboxylic acids is 1. The molecule has 112 valence electrons. The van der Waals surface area contributed by atoms with Gasteiger partial charge in [-0.1, -0.05) is 13.0 Å². The predicted octanol–water partition coefficient (Wildman–Crippen LogP) is 1.52. The first-order valence-corrected chi connectivity index (χ1v) is 6.76. The fraction of sp³-hybridized carbons (Fsp3) is 0.533. The van der Waals surface area contributed by atoms with Gasteiger partial charge in [-0.25, -0.2) is 0 Å². The number of rotatable bonds is 8. The first-order valence-electron chi connectivity index (χ1n) is 6.76. The number of ether oxygens (including phenoxy) is 2. The third-order valence-electron chi connectivity index (χ3n) is 3.12. The zero-order chi connectivity index (χ0) is 15.0. The summed E-state index contributed by atoms with van der Waals surface area (Å²) in [7, 11) is 3.15. The molecule has 1 amide bonds. The van der Waals surface area contributed by atoms with Crippen LogP contribution in [-0.4, -0.2) is 37.9 Å². The van der Waals surface area contributed by atoms with Gasteiger partial charge in [0.15, 0.2) is 0 Å². The van der Waals surface area contributed by atoms with E-state index in [0.29, 0.717) is 30.9 Å². The topological polar surface area (TPSA) is 67.8 Å². The van der Waals surface area contributed by atoms with Crippen LogP contribution in [0.15, 0.2) is 18.2 Å². The average Bonchev–Trinajstić information content (AvgIpc) is 2.47. The minimum absolute atomic E-state index is 0.0863. The number of amides is 1. The Morgan fingerprint density at radius 1 is 1.35 bits per heavy atom. The number of methoxy groups -OCH3 is 2. The summed E-state index contributed by atoms with van der Waals surface area (Å²) in [6.45, 7) is 2.39. The van der Waals surface area contributed by atoms with Crippen LogP contribution >= 0.6 is 0 Å². The fourth-order valence-electron chi connectivity index (χ4n) is 1.82. The SMILES string of the molecule is CCC(O)CCNC(=O)Cc1ccc(OC)cc1OC. The molecule has 5 heteroatoms. The van der Waals surface area contributed by atoms with Crippen LogP contribution in [-0.2, 0) is 11.2 Å². The monoisotopic (exact) mass is 281 g/mol. The molecule has 1 rings (SSSR count). The highest BCUT2D eigenvalue weighted by Gasteiger charge is 2.10. The Balaban J connectivity index is 2.53. The van der Waals surface area contributed by atoms with Gasteiger partial charge in [0.25, 0.3) is 0 Å². The summed E-state index contributed by atoms with van der Waals surface area (Å²) in [5, 5.41) is 12.2. The zero-order valence-corrected chi connectivity index (χ0v) is 12.3. The molecule has 0 fully saturated rings. The predicted molar refractivity (Wildman–Crippen MR) is 77.2 cm³/mol. The molecule has 5 nitrogen and oxygen atoms in total. The molecular weight excluding hydrogens is 258 g/mol. The van der Waals surface area contributed by atoms with Gasteiger partial charge in [-0.2, -0.15) is 0 Å². The molecule has 0 aliphatic heterocycles. The molecule has 0 saturated carbocycles. The van der Waals surface area contributed by atoms with Gasteiger partial charge in [-0.05, 0) is 18.9 Å². The Morgan fingerprint density at radius 2 is 2.10 bits per heavy atom. The summed E-state index contributed by atoms with van der Waals surface area (Å²) in [6.07, 6.45) is 1.16. The van der Waals surface area contributed by atoms with Crippen LogP contribution < -0.4 is 14.8 Å². The molecule has 1 unspecified atom stereocenters. The number of hydrogen-bond donors (Lipinski definition) is 2. The van der Waals surface area contributed by atoms with E-state index in [0.717, 1.165) is 5.56 Å². The maximum atomic E-state index is 11.8. The molecule has 0 aliphatic carbocycles. The largest absolute Gasteiger partial charge is 0.497 e. The normalized spacial score (nSPS) is 11.8. The van der Waals surface area contributed by atoms with Gasteiger partial charge in [0.05, 0.1) is 26.7 Å². The van der Waals surface area contributed by atoms with E-state index in [4.69, 9.17) is 9.47 Å². The van der Waals surface area contributed by atoms with Gasteiger partial charge in [-0.15, -0.1) is 0 Å². The van der Waals surface area contributed by atoms with Gasteiger partial charge in [0.1, 0.15) is 11.5 Å². The second-order valence-electron chi connectivity index (χ2n) is 4.56. The van der Waals surface area contributed by atoms with Crippen LogP contribution in [0.3, 0.4) is 0 Å². The Hall–Kier alpha value is -1.75. The van der Waals surface area contributed by atoms with Gasteiger partial charge in [-0.3, -0.25) is 4.79 Å². The van der Waals surface area contributed by atoms with Gasteiger partial charge in [0, 0.05) is 18.2 Å². The molecule has 0 aliphatic rings. The van der Waals surface area contributed by atoms with Crippen molar-refractivity contribution in [3.63, 3.8) is 0 Å². The van der Waals surface area contributed by atoms with Crippen molar-refractivity contribution in [2.75, 3.05) is 20.8 Å². The van der Waals surface area contributed by atoms with Crippen molar-refractivity contribution >= 4 is 5.91 Å². The third-order valence-corrected chi connectivity index (χ3v) is 3.12. The van der Waals surface area contributed by atoms with Crippen molar-refractivity contribution < 1.29 is 19.4 Å². The van der Waals surface area contributed by atoms with Crippen molar-refractivity contribution in [2.24, 2.45) is 0 Å². The second-order valence-corrected chi connectivity index (χ2v) is 4.56. The van der Waals surface area contributed by atoms with Crippen LogP contribution in [0.1, 0.15) is 25.3 Å². The Labute approximate surface area is 119 Å². The first kappa shape index (κ1) is 16.3. The number of aliphatic hydroxyl groups is 1. The van der Waals surface area contributed by atoms with Crippen molar-refractivity contribution in [2.45, 2.75) is 32.3 Å². The highest BCUT2D eigenvalue weighted by Crippen LogP contribution is 2.24. The second kappa shape index (κ2) is 8.43. The molecule has 0 spiro atoms. The lowest BCUT2D eigenvalue weighted by atomic mass is 10.1. The molecule has 20 heavy (non-hydrogen) atoms. The smallest absolute Gasteiger partial charge is 0.224 e. The molecule has 2 N–H and O–H groups in total. The molecule has 0 heterocycles. The lowest BCUT2D eigenvalue weighted by Gasteiger charge is -2.11. The van der Waals surface area contributed by atoms with Gasteiger partial charge < -0.3 is 19.9 Å². The Morgan fingerprint density at radius 3 is 2.70 bits per heavy atom. The molecule has 0 bridgehead atoms. The number of carbonyl (C=O) groups is 1. The molecule has 1 atom stereocenters. The summed E-state index contributed by atoms with van der Waals surface area (Å²) in [4.78, 5) is 11.8. The molecular formula is C15H23NO4. The molecule has 1 aromatic carbocycles. The summed E-state index contributed by atoms with van der Waals surface area (Å²) in [6, 6.07) is 5.37. The van der Waals surface area contributed by atoms with E-state index < -0.39 is 0 Å². The first-order chi connectivity index (χ1) is 9.60. The van der Waals surface area contributed by atoms with Crippen LogP contribution in [0.5, 0.6) is 11.5 Å². The molecule has 0 saturated heterocycles. The standard InChI is InChI=1S/C15H23NO4/c1-4-12(17)7-8-16-15(18)9-11-5-6-13(19-2)10-14(11)20-3/h5-6,10,12,17H,4,7-9H2,1-3H3,(H,16,18). The van der Waals surface area contributed by atoms with Crippen LogP contribution in [0.4, 0.5) is 0 Å². The summed E-state index contributed by atoms with van der Waals surface area (Å²) >= 11 is 0. The van der Waals surface area contributed by atoms with Crippen molar-refractivity contribution in [1.82, 2.24) is 5.32 Å². The van der Waals surface area contributed by atoms with Crippen LogP contribution in [0.25, 0.3) is 0 Å². The van der Waals surface area contributed by atoms with Crippen LogP contribution in [0.2, 0.25) is 0 Å². The summed E-state index contributed by atoms with van der Waals surface area (Å²) in [5.74, 6) is 1.24. The molecule has 1 aromatic rings. The average molecular weight is 281 g/mol. The van der Waals surface area contributed by atoms with Crippen molar-refractivity contribution in [3.05, 3.63) is 23.8 Å². The van der Waals surface area contributed by atoms with Gasteiger partial charge in [0.2, 0.25) is 5.91 Å². The fourth-order valence-corrected chi connectivity index (χ4v) is 1.82. The maximum absolute atomic E-state index is 11.8. The van der Waals surface area contributed by atoms with E-state index in [1.54, 1.807) is 26.4 Å². The van der Waals surface area contributed by atoms with Crippen molar-refractivity contribution in [3.8, 4) is 11.5 Å². The van der Waals surface area contributed by atoms with E-state index in [1.807, 2.05) is 13.0 Å². The highest BCUT2D eigenvalue weighted by molar-refractivity contribution is 5.79. The third kappa shape index (κ3) is 5.09. The van der Waals surface area contributed by atoms with E-state index in [2.05, 4.69) is 5.32 Å². The Kier molecular flexibility index (Phi) is 6.87. The number of aliphatic hydroxyl groups excluding tert-OH is 1. The maximum Gasteiger partial charge on any atom is 0.224 e. The quantitative estimate of drug-likeness (QED) is 0.758. The van der Waals surface area contributed by atoms with E-state index >= 15 is 0 Å². The summed E-state index contributed by atoms with van der Waals surface area (Å²) < 4.78 is 10.4. The number of nitrogens with one attached hydrogen (secondary N) is 1. The Bertz CT molecular complexity index is 434. The van der Waals surface area contributed by atoms with E-state index in [-0.39, 0.29) is 18.4 Å². The lowest BCUT2D eigenvalue weighted by Crippen LogP contribution is -2.28. The van der Waals surface area contributed by atoms with Crippen LogP contribution in [0, 0.1) is 0 Å². The van der Waals surface area contributed by atoms with E-state index in [1.165, 1.54) is 0 Å². The van der Waals surface area contributed by atoms with Gasteiger partial charge >= 0.3 is 0 Å². The van der Waals surface area contributed by atoms with E-state index in [9.17, 15) is 9.90 Å². The number of benzene rings is 1. The van der Waals surface area contributed by atoms with Crippen molar-refractivity contribution in [1.29, 1.82) is 0 Å². The molecule has 0 aromatic heterocycles. The minimum atomic E-state index is -0.356. The zero-order valence-electron chi connectivity index (χ0n) is 12.3. The summed E-state index contributed by atoms with van der Waals surface area (Å²) in [5.41, 5.74) is 0.807.